The molecule has 0 heterocycles. The van der Waals surface area contributed by atoms with Crippen LogP contribution in [0, 0.1) is 12.1 Å². The normalized spacial score (nSPS) is 10.2. The van der Waals surface area contributed by atoms with Gasteiger partial charge in [-0.15, -0.1) is 6.07 Å². The molecule has 0 aliphatic carbocycles. The average molecular weight is 919 g/mol. The van der Waals surface area contributed by atoms with Crippen molar-refractivity contribution < 1.29 is 44.8 Å². The van der Waals surface area contributed by atoms with Gasteiger partial charge < -0.3 is 0 Å². The molecule has 6 aromatic carbocycles. The minimum atomic E-state index is -0.348. The molecule has 0 aromatic heterocycles. The van der Waals surface area contributed by atoms with Crippen LogP contribution in [0.25, 0.3) is 10.8 Å². The summed E-state index contributed by atoms with van der Waals surface area (Å²) in [7, 11) is -0.696. The van der Waals surface area contributed by atoms with E-state index < -0.39 is 0 Å². The summed E-state index contributed by atoms with van der Waals surface area (Å²) in [6, 6.07) is 62.3. The molecule has 0 amide bonds. The predicted octanol–water partition coefficient (Wildman–Crippen LogP) is 7.69. The number of hydrogen-bond donors (Lipinski definition) is 0. The van der Waals surface area contributed by atoms with Crippen LogP contribution in [0.2, 0.25) is 0 Å². The summed E-state index contributed by atoms with van der Waals surface area (Å²) < 4.78 is 0. The zero-order valence-corrected chi connectivity index (χ0v) is 28.0. The first kappa shape index (κ1) is 32.4. The largest absolute Gasteiger partial charge is 1.00 e. The third-order valence-electron chi connectivity index (χ3n) is 6.31. The van der Waals surface area contributed by atoms with Crippen LogP contribution < -0.4 is 21.2 Å². The number of fused-ring (bicyclic) bond motifs is 1. The summed E-state index contributed by atoms with van der Waals surface area (Å²) in [4.78, 5) is 0. The first-order chi connectivity index (χ1) is 18.9. The zero-order valence-electron chi connectivity index (χ0n) is 21.9. The Kier molecular flexibility index (Phi) is 14.3. The van der Waals surface area contributed by atoms with Crippen LogP contribution in [0.3, 0.4) is 0 Å². The van der Waals surface area contributed by atoms with Crippen molar-refractivity contribution in [1.29, 1.82) is 0 Å². The number of benzene rings is 6. The van der Waals surface area contributed by atoms with Crippen molar-refractivity contribution in [3.63, 3.8) is 0 Å². The van der Waals surface area contributed by atoms with Gasteiger partial charge in [0.2, 0.25) is 0 Å². The molecule has 0 saturated carbocycles. The molecule has 0 radical (unpaired) electrons. The van der Waals surface area contributed by atoms with E-state index in [9.17, 15) is 0 Å². The Morgan fingerprint density at radius 1 is 0.375 bits per heavy atom. The van der Waals surface area contributed by atoms with E-state index in [2.05, 4.69) is 146 Å². The first-order valence-corrected chi connectivity index (χ1v) is 16.0. The van der Waals surface area contributed by atoms with Crippen LogP contribution in [0.4, 0.5) is 0 Å². The molecule has 0 fully saturated rings. The molecule has 40 heavy (non-hydrogen) atoms. The minimum Gasteiger partial charge on any atom is -0.286 e. The Labute approximate surface area is 272 Å². The van der Waals surface area contributed by atoms with E-state index in [0.29, 0.717) is 0 Å². The van der Waals surface area contributed by atoms with Crippen molar-refractivity contribution in [3.8, 4) is 0 Å². The van der Waals surface area contributed by atoms with Gasteiger partial charge in [-0.25, -0.2) is 23.6 Å². The molecule has 4 heteroatoms. The maximum Gasteiger partial charge on any atom is 1.00 e. The van der Waals surface area contributed by atoms with Crippen molar-refractivity contribution in [3.05, 3.63) is 170 Å². The Balaban J connectivity index is 0.000000310. The average Bonchev–Trinajstić information content (AvgIpc) is 3.01. The van der Waals surface area contributed by atoms with Gasteiger partial charge in [0.25, 0.3) is 0 Å². The standard InChI is InChI=1S/C26H24P2.C10H6.2Au/c1-5-13-23(14-6-1)27(24-15-7-2-8-16-24)21-22-28(25-17-9-3-10-18-25)26-19-11-4-12-20-26;1-2-6-10-8-4-3-7-9(10)5-1;;/h1-20H,21-22H2;1-5,7H;;/q;-2;2*+1. The maximum atomic E-state index is 3.10. The third-order valence-corrected chi connectivity index (χ3v) is 11.7. The summed E-state index contributed by atoms with van der Waals surface area (Å²) in [6.07, 6.45) is 2.41. The van der Waals surface area contributed by atoms with Gasteiger partial charge in [0.15, 0.2) is 0 Å². The van der Waals surface area contributed by atoms with Crippen LogP contribution in [-0.4, -0.2) is 12.3 Å². The van der Waals surface area contributed by atoms with E-state index in [1.165, 1.54) is 38.9 Å². The molecule has 0 N–H and O–H groups in total. The van der Waals surface area contributed by atoms with E-state index in [1.807, 2.05) is 24.3 Å². The smallest absolute Gasteiger partial charge is 0.286 e. The summed E-state index contributed by atoms with van der Waals surface area (Å²) >= 11 is 0. The fraction of sp³-hybridized carbons (Fsp3) is 0.0556. The van der Waals surface area contributed by atoms with Crippen LogP contribution in [0.1, 0.15) is 0 Å². The van der Waals surface area contributed by atoms with Gasteiger partial charge in [0.1, 0.15) is 0 Å². The molecule has 0 bridgehead atoms. The molecule has 0 nitrogen and oxygen atoms in total. The minimum absolute atomic E-state index is 0. The van der Waals surface area contributed by atoms with Crippen LogP contribution in [0.15, 0.2) is 158 Å². The Bertz CT molecular complexity index is 1280. The molecule has 0 atom stereocenters. The first-order valence-electron chi connectivity index (χ1n) is 12.9. The molecule has 0 aliphatic rings. The molecule has 0 aliphatic heterocycles. The topological polar surface area (TPSA) is 0 Å². The molecule has 6 aromatic rings. The summed E-state index contributed by atoms with van der Waals surface area (Å²) in [5.41, 5.74) is 0. The predicted molar refractivity (Wildman–Crippen MR) is 169 cm³/mol. The van der Waals surface area contributed by atoms with Gasteiger partial charge in [0, 0.05) is 0 Å². The monoisotopic (exact) mass is 918 g/mol. The van der Waals surface area contributed by atoms with Gasteiger partial charge in [-0.2, -0.15) is 6.07 Å². The van der Waals surface area contributed by atoms with Gasteiger partial charge in [0.05, 0.1) is 0 Å². The SMILES string of the molecule is [Au+].[Au+].[c-]1cccc2ccc[c-]c12.c1ccc(P(CCP(c2ccccc2)c2ccccc2)c2ccccc2)cc1. The number of hydrogen-bond acceptors (Lipinski definition) is 0. The quantitative estimate of drug-likeness (QED) is 0.0877. The molecule has 0 saturated heterocycles. The van der Waals surface area contributed by atoms with E-state index in [-0.39, 0.29) is 60.6 Å². The Morgan fingerprint density at radius 3 is 0.950 bits per heavy atom. The molecular weight excluding hydrogens is 888 g/mol. The second kappa shape index (κ2) is 17.7. The van der Waals surface area contributed by atoms with Gasteiger partial charge in [-0.05, 0) is 49.4 Å². The Hall–Kier alpha value is -2.08. The molecule has 0 spiro atoms. The molecule has 6 rings (SSSR count). The molecule has 206 valence electrons. The summed E-state index contributed by atoms with van der Waals surface area (Å²) in [5.74, 6) is 0. The van der Waals surface area contributed by atoms with E-state index >= 15 is 0 Å². The van der Waals surface area contributed by atoms with Gasteiger partial charge >= 0.3 is 44.8 Å². The van der Waals surface area contributed by atoms with E-state index in [4.69, 9.17) is 0 Å². The van der Waals surface area contributed by atoms with Crippen LogP contribution in [0.5, 0.6) is 0 Å². The zero-order chi connectivity index (χ0) is 25.8. The second-order valence-electron chi connectivity index (χ2n) is 8.82. The molecular formula is C36H30Au2P2. The van der Waals surface area contributed by atoms with Crippen molar-refractivity contribution in [2.24, 2.45) is 0 Å². The van der Waals surface area contributed by atoms with Crippen molar-refractivity contribution in [1.82, 2.24) is 0 Å². The van der Waals surface area contributed by atoms with Crippen molar-refractivity contribution in [2.75, 3.05) is 12.3 Å². The van der Waals surface area contributed by atoms with Crippen LogP contribution >= 0.6 is 15.8 Å². The fourth-order valence-electron chi connectivity index (χ4n) is 4.44. The molecule has 0 unspecified atom stereocenters. The van der Waals surface area contributed by atoms with E-state index in [0.717, 1.165) is 5.39 Å². The van der Waals surface area contributed by atoms with Gasteiger partial charge in [-0.1, -0.05) is 127 Å². The second-order valence-corrected chi connectivity index (χ2v) is 13.5. The van der Waals surface area contributed by atoms with Crippen LogP contribution in [-0.2, 0) is 44.8 Å². The van der Waals surface area contributed by atoms with E-state index in [1.54, 1.807) is 0 Å². The summed E-state index contributed by atoms with van der Waals surface area (Å²) in [6.45, 7) is 0. The van der Waals surface area contributed by atoms with Gasteiger partial charge in [-0.3, -0.25) is 17.5 Å². The number of rotatable bonds is 7. The third kappa shape index (κ3) is 9.22. The van der Waals surface area contributed by atoms with Crippen molar-refractivity contribution >= 4 is 47.8 Å². The van der Waals surface area contributed by atoms with Crippen molar-refractivity contribution in [2.45, 2.75) is 0 Å². The maximum absolute atomic E-state index is 3.10. The summed E-state index contributed by atoms with van der Waals surface area (Å²) in [5, 5.41) is 8.15. The Morgan fingerprint density at radius 2 is 0.675 bits per heavy atom. The fourth-order valence-corrected chi connectivity index (χ4v) is 9.80.